The molecule has 1 aromatic rings. The Bertz CT molecular complexity index is 673. The normalized spacial score (nSPS) is 12.0. The summed E-state index contributed by atoms with van der Waals surface area (Å²) in [4.78, 5) is 35.4. The third-order valence-electron chi connectivity index (χ3n) is 4.40. The maximum atomic E-state index is 12.5. The Kier molecular flexibility index (Phi) is 8.11. The lowest BCUT2D eigenvalue weighted by atomic mass is 10.0. The summed E-state index contributed by atoms with van der Waals surface area (Å²) >= 11 is 0. The Balaban J connectivity index is 2.86. The number of carbonyl (C=O) groups is 1. The number of amides is 1. The number of nitrogens with zero attached hydrogens (tertiary/aromatic N) is 3. The van der Waals surface area contributed by atoms with Crippen molar-refractivity contribution in [1.29, 1.82) is 0 Å². The van der Waals surface area contributed by atoms with Crippen molar-refractivity contribution in [2.75, 3.05) is 19.6 Å². The molecule has 9 nitrogen and oxygen atoms in total. The molecule has 0 aliphatic carbocycles. The highest BCUT2D eigenvalue weighted by Crippen LogP contribution is 2.28. The van der Waals surface area contributed by atoms with Crippen molar-refractivity contribution in [2.45, 2.75) is 46.6 Å². The summed E-state index contributed by atoms with van der Waals surface area (Å²) in [5.41, 5.74) is -0.824. The molecule has 1 aromatic carbocycles. The first-order chi connectivity index (χ1) is 12.2. The third-order valence-corrected chi connectivity index (χ3v) is 4.40. The van der Waals surface area contributed by atoms with Crippen molar-refractivity contribution in [3.8, 4) is 0 Å². The second-order valence-corrected chi connectivity index (χ2v) is 6.20. The van der Waals surface area contributed by atoms with Gasteiger partial charge in [-0.1, -0.05) is 13.8 Å². The van der Waals surface area contributed by atoms with E-state index in [9.17, 15) is 25.0 Å². The van der Waals surface area contributed by atoms with Crippen molar-refractivity contribution < 1.29 is 14.6 Å². The zero-order chi connectivity index (χ0) is 19.9. The lowest BCUT2D eigenvalue weighted by Gasteiger charge is -2.20. The molecular weight excluding hydrogens is 340 g/mol. The number of nitro groups is 2. The largest absolute Gasteiger partial charge is 0.350 e. The fraction of sp³-hybridized carbons (Fsp3) is 0.588. The van der Waals surface area contributed by atoms with E-state index in [4.69, 9.17) is 0 Å². The molecule has 0 aliphatic rings. The Morgan fingerprint density at radius 3 is 2.31 bits per heavy atom. The topological polar surface area (TPSA) is 119 Å². The number of nitrogens with one attached hydrogen (secondary N) is 1. The van der Waals surface area contributed by atoms with Gasteiger partial charge in [-0.05, 0) is 46.3 Å². The summed E-state index contributed by atoms with van der Waals surface area (Å²) in [6.07, 6.45) is 1.65. The van der Waals surface area contributed by atoms with Gasteiger partial charge in [-0.15, -0.1) is 0 Å². The van der Waals surface area contributed by atoms with Crippen LogP contribution in [0.4, 0.5) is 11.4 Å². The first kappa shape index (κ1) is 21.5. The first-order valence-electron chi connectivity index (χ1n) is 8.67. The monoisotopic (exact) mass is 366 g/mol. The molecule has 0 spiro atoms. The van der Waals surface area contributed by atoms with Crippen molar-refractivity contribution in [3.05, 3.63) is 43.5 Å². The van der Waals surface area contributed by atoms with Crippen molar-refractivity contribution in [1.82, 2.24) is 10.2 Å². The Morgan fingerprint density at radius 1 is 1.19 bits per heavy atom. The molecule has 1 amide bonds. The van der Waals surface area contributed by atoms with Crippen LogP contribution in [0.25, 0.3) is 0 Å². The van der Waals surface area contributed by atoms with E-state index < -0.39 is 27.1 Å². The number of nitro benzene ring substituents is 2. The predicted molar refractivity (Wildman–Crippen MR) is 98.4 cm³/mol. The van der Waals surface area contributed by atoms with Crippen LogP contribution in [0.15, 0.2) is 12.1 Å². The zero-order valence-corrected chi connectivity index (χ0v) is 15.7. The summed E-state index contributed by atoms with van der Waals surface area (Å²) in [5.74, 6) is -0.537. The quantitative estimate of drug-likeness (QED) is 0.502. The van der Waals surface area contributed by atoms with E-state index in [0.29, 0.717) is 0 Å². The average Bonchev–Trinajstić information content (AvgIpc) is 2.58. The predicted octanol–water partition coefficient (Wildman–Crippen LogP) is 3.05. The Labute approximate surface area is 152 Å². The molecule has 0 saturated heterocycles. The van der Waals surface area contributed by atoms with E-state index in [-0.39, 0.29) is 17.2 Å². The zero-order valence-electron chi connectivity index (χ0n) is 15.7. The Morgan fingerprint density at radius 2 is 1.81 bits per heavy atom. The lowest BCUT2D eigenvalue weighted by Crippen LogP contribution is -2.34. The van der Waals surface area contributed by atoms with Gasteiger partial charge in [0.15, 0.2) is 0 Å². The van der Waals surface area contributed by atoms with Gasteiger partial charge in [-0.2, -0.15) is 0 Å². The Hall–Kier alpha value is -2.55. The molecule has 144 valence electrons. The SMILES string of the molecule is CCN(CC)CCC[C@H](C)NC(=O)c1cc([N+](=O)[O-])cc([N+](=O)[O-])c1C. The van der Waals surface area contributed by atoms with E-state index in [1.54, 1.807) is 0 Å². The van der Waals surface area contributed by atoms with Gasteiger partial charge in [0.2, 0.25) is 0 Å². The molecule has 0 bridgehead atoms. The van der Waals surface area contributed by atoms with Gasteiger partial charge in [0.1, 0.15) is 0 Å². The van der Waals surface area contributed by atoms with Gasteiger partial charge in [-0.25, -0.2) is 0 Å². The highest BCUT2D eigenvalue weighted by molar-refractivity contribution is 5.97. The van der Waals surface area contributed by atoms with E-state index >= 15 is 0 Å². The summed E-state index contributed by atoms with van der Waals surface area (Å²) < 4.78 is 0. The maximum Gasteiger partial charge on any atom is 0.279 e. The summed E-state index contributed by atoms with van der Waals surface area (Å²) in [7, 11) is 0. The van der Waals surface area contributed by atoms with E-state index in [2.05, 4.69) is 24.1 Å². The number of hydrogen-bond donors (Lipinski definition) is 1. The summed E-state index contributed by atoms with van der Waals surface area (Å²) in [5, 5.41) is 24.9. The lowest BCUT2D eigenvalue weighted by molar-refractivity contribution is -0.394. The molecule has 1 atom stereocenters. The smallest absolute Gasteiger partial charge is 0.279 e. The van der Waals surface area contributed by atoms with E-state index in [1.807, 2.05) is 6.92 Å². The first-order valence-corrected chi connectivity index (χ1v) is 8.67. The van der Waals surface area contributed by atoms with Crippen LogP contribution in [0, 0.1) is 27.2 Å². The average molecular weight is 366 g/mol. The molecule has 1 rings (SSSR count). The van der Waals surface area contributed by atoms with Crippen LogP contribution in [-0.2, 0) is 0 Å². The van der Waals surface area contributed by atoms with Gasteiger partial charge >= 0.3 is 0 Å². The molecule has 0 aromatic heterocycles. The highest BCUT2D eigenvalue weighted by Gasteiger charge is 2.25. The van der Waals surface area contributed by atoms with E-state index in [0.717, 1.165) is 44.6 Å². The highest BCUT2D eigenvalue weighted by atomic mass is 16.6. The fourth-order valence-corrected chi connectivity index (χ4v) is 2.75. The third kappa shape index (κ3) is 5.76. The van der Waals surface area contributed by atoms with Crippen LogP contribution in [0.3, 0.4) is 0 Å². The van der Waals surface area contributed by atoms with Crippen LogP contribution in [0.5, 0.6) is 0 Å². The molecule has 26 heavy (non-hydrogen) atoms. The maximum absolute atomic E-state index is 12.5. The van der Waals surface area contributed by atoms with Crippen LogP contribution in [0.1, 0.15) is 49.5 Å². The number of non-ortho nitro benzene ring substituents is 1. The van der Waals surface area contributed by atoms with Gasteiger partial charge in [0, 0.05) is 17.7 Å². The van der Waals surface area contributed by atoms with Crippen molar-refractivity contribution in [2.24, 2.45) is 0 Å². The minimum Gasteiger partial charge on any atom is -0.350 e. The van der Waals surface area contributed by atoms with Gasteiger partial charge < -0.3 is 10.2 Å². The minimum absolute atomic E-state index is 0.0403. The fourth-order valence-electron chi connectivity index (χ4n) is 2.75. The molecule has 0 heterocycles. The molecule has 9 heteroatoms. The second-order valence-electron chi connectivity index (χ2n) is 6.20. The molecule has 1 N–H and O–H groups in total. The van der Waals surface area contributed by atoms with Gasteiger partial charge in [0.05, 0.1) is 21.5 Å². The molecule has 0 fully saturated rings. The standard InChI is InChI=1S/C17H26N4O5/c1-5-19(6-2)9-7-8-12(3)18-17(22)15-10-14(20(23)24)11-16(13(15)4)21(25)26/h10-12H,5-9H2,1-4H3,(H,18,22)/t12-/m0/s1. The van der Waals surface area contributed by atoms with Gasteiger partial charge in [0.25, 0.3) is 17.3 Å². The van der Waals surface area contributed by atoms with Gasteiger partial charge in [-0.3, -0.25) is 25.0 Å². The minimum atomic E-state index is -0.739. The number of carbonyl (C=O) groups excluding carboxylic acids is 1. The number of rotatable bonds is 10. The van der Waals surface area contributed by atoms with Crippen molar-refractivity contribution >= 4 is 17.3 Å². The van der Waals surface area contributed by atoms with E-state index in [1.165, 1.54) is 6.92 Å². The van der Waals surface area contributed by atoms with Crippen LogP contribution < -0.4 is 5.32 Å². The molecule has 0 unspecified atom stereocenters. The molecular formula is C17H26N4O5. The number of benzene rings is 1. The second kappa shape index (κ2) is 9.81. The van der Waals surface area contributed by atoms with Crippen LogP contribution >= 0.6 is 0 Å². The summed E-state index contributed by atoms with van der Waals surface area (Å²) in [6.45, 7) is 10.3. The number of hydrogen-bond acceptors (Lipinski definition) is 6. The molecule has 0 aliphatic heterocycles. The van der Waals surface area contributed by atoms with Crippen LogP contribution in [-0.4, -0.2) is 46.3 Å². The molecule has 0 radical (unpaired) electrons. The van der Waals surface area contributed by atoms with Crippen LogP contribution in [0.2, 0.25) is 0 Å². The van der Waals surface area contributed by atoms with Crippen molar-refractivity contribution in [3.63, 3.8) is 0 Å². The molecule has 0 saturated carbocycles. The summed E-state index contributed by atoms with van der Waals surface area (Å²) in [6, 6.07) is 1.82.